The minimum absolute atomic E-state index is 0.114. The smallest absolute Gasteiger partial charge is 0.411 e. The van der Waals surface area contributed by atoms with E-state index in [1.807, 2.05) is 0 Å². The summed E-state index contributed by atoms with van der Waals surface area (Å²) in [5, 5.41) is 20.7. The number of para-hydroxylation sites is 1. The van der Waals surface area contributed by atoms with Crippen LogP contribution in [0.25, 0.3) is 0 Å². The maximum absolute atomic E-state index is 10.9. The van der Waals surface area contributed by atoms with E-state index in [0.717, 1.165) is 0 Å². The topological polar surface area (TPSA) is 78.8 Å². The fraction of sp³-hybridized carbons (Fsp3) is 0.222. The van der Waals surface area contributed by atoms with Crippen molar-refractivity contribution in [2.24, 2.45) is 0 Å². The highest BCUT2D eigenvalue weighted by Crippen LogP contribution is 2.32. The van der Waals surface area contributed by atoms with Crippen LogP contribution in [-0.4, -0.2) is 22.9 Å². The molecule has 0 bridgehead atoms. The van der Waals surface area contributed by atoms with E-state index < -0.39 is 6.09 Å². The molecule has 1 aromatic rings. The normalized spacial score (nSPS) is 9.50. The number of anilines is 1. The van der Waals surface area contributed by atoms with Crippen molar-refractivity contribution in [3.8, 4) is 11.5 Å². The second kappa shape index (κ2) is 4.36. The Labute approximate surface area is 80.9 Å². The number of benzene rings is 1. The van der Waals surface area contributed by atoms with E-state index in [1.165, 1.54) is 18.2 Å². The molecule has 1 rings (SSSR count). The van der Waals surface area contributed by atoms with Crippen LogP contribution in [0.5, 0.6) is 11.5 Å². The highest BCUT2D eigenvalue weighted by molar-refractivity contribution is 5.87. The summed E-state index contributed by atoms with van der Waals surface area (Å²) in [6.45, 7) is 1.91. The maximum atomic E-state index is 10.9. The van der Waals surface area contributed by atoms with Gasteiger partial charge >= 0.3 is 6.09 Å². The molecule has 5 heteroatoms. The average Bonchev–Trinajstić information content (AvgIpc) is 2.13. The Morgan fingerprint density at radius 1 is 1.50 bits per heavy atom. The molecule has 3 N–H and O–H groups in total. The number of carbonyl (C=O) groups is 1. The highest BCUT2D eigenvalue weighted by Gasteiger charge is 2.08. The molecule has 0 saturated heterocycles. The van der Waals surface area contributed by atoms with Gasteiger partial charge in [-0.15, -0.1) is 0 Å². The number of nitrogens with one attached hydrogen (secondary N) is 1. The maximum Gasteiger partial charge on any atom is 0.411 e. The molecule has 0 aliphatic heterocycles. The molecule has 0 unspecified atom stereocenters. The van der Waals surface area contributed by atoms with Crippen molar-refractivity contribution >= 4 is 11.8 Å². The van der Waals surface area contributed by atoms with Gasteiger partial charge in [0.15, 0.2) is 11.5 Å². The molecule has 0 aliphatic carbocycles. The van der Waals surface area contributed by atoms with Gasteiger partial charge in [0, 0.05) is 0 Å². The molecule has 14 heavy (non-hydrogen) atoms. The molecule has 1 aromatic carbocycles. The third kappa shape index (κ3) is 2.29. The molecular weight excluding hydrogens is 186 g/mol. The Balaban J connectivity index is 2.76. The second-order valence-corrected chi connectivity index (χ2v) is 2.52. The van der Waals surface area contributed by atoms with Crippen LogP contribution in [-0.2, 0) is 4.74 Å². The minimum atomic E-state index is -0.673. The fourth-order valence-electron chi connectivity index (χ4n) is 0.909. The Kier molecular flexibility index (Phi) is 3.17. The molecule has 0 aliphatic rings. The number of hydrogen-bond donors (Lipinski definition) is 3. The fourth-order valence-corrected chi connectivity index (χ4v) is 0.909. The van der Waals surface area contributed by atoms with Crippen LogP contribution in [0, 0.1) is 0 Å². The second-order valence-electron chi connectivity index (χ2n) is 2.52. The summed E-state index contributed by atoms with van der Waals surface area (Å²) in [6, 6.07) is 4.26. The third-order valence-corrected chi connectivity index (χ3v) is 1.53. The number of carbonyl (C=O) groups excluding carboxylic acids is 1. The van der Waals surface area contributed by atoms with E-state index >= 15 is 0 Å². The van der Waals surface area contributed by atoms with E-state index in [1.54, 1.807) is 6.92 Å². The number of rotatable bonds is 2. The van der Waals surface area contributed by atoms with Crippen LogP contribution in [0.1, 0.15) is 6.92 Å². The number of phenolic OH excluding ortho intramolecular Hbond substituents is 2. The van der Waals surface area contributed by atoms with E-state index in [2.05, 4.69) is 10.1 Å². The summed E-state index contributed by atoms with van der Waals surface area (Å²) in [4.78, 5) is 10.9. The Morgan fingerprint density at radius 3 is 2.86 bits per heavy atom. The zero-order chi connectivity index (χ0) is 10.6. The van der Waals surface area contributed by atoms with Gasteiger partial charge in [-0.25, -0.2) is 4.79 Å². The van der Waals surface area contributed by atoms with Crippen molar-refractivity contribution in [2.45, 2.75) is 6.92 Å². The standard InChI is InChI=1S/C9H11NO4/c1-2-14-9(13)10-6-4-3-5-7(11)8(6)12/h3-5,11-12H,2H2,1H3,(H,10,13). The van der Waals surface area contributed by atoms with Crippen molar-refractivity contribution in [1.29, 1.82) is 0 Å². The molecule has 5 nitrogen and oxygen atoms in total. The van der Waals surface area contributed by atoms with Crippen LogP contribution >= 0.6 is 0 Å². The molecule has 0 atom stereocenters. The summed E-state index contributed by atoms with van der Waals surface area (Å²) in [7, 11) is 0. The molecule has 0 aromatic heterocycles. The van der Waals surface area contributed by atoms with Gasteiger partial charge < -0.3 is 14.9 Å². The Morgan fingerprint density at radius 2 is 2.21 bits per heavy atom. The van der Waals surface area contributed by atoms with Gasteiger partial charge in [-0.05, 0) is 19.1 Å². The van der Waals surface area contributed by atoms with Crippen molar-refractivity contribution in [3.63, 3.8) is 0 Å². The van der Waals surface area contributed by atoms with Gasteiger partial charge in [0.25, 0.3) is 0 Å². The number of hydrogen-bond acceptors (Lipinski definition) is 4. The monoisotopic (exact) mass is 197 g/mol. The summed E-state index contributed by atoms with van der Waals surface area (Å²) in [5.74, 6) is -0.667. The summed E-state index contributed by atoms with van der Waals surface area (Å²) >= 11 is 0. The third-order valence-electron chi connectivity index (χ3n) is 1.53. The average molecular weight is 197 g/mol. The van der Waals surface area contributed by atoms with Gasteiger partial charge in [0.1, 0.15) is 0 Å². The lowest BCUT2D eigenvalue weighted by atomic mass is 10.3. The minimum Gasteiger partial charge on any atom is -0.504 e. The zero-order valence-corrected chi connectivity index (χ0v) is 7.65. The quantitative estimate of drug-likeness (QED) is 0.630. The SMILES string of the molecule is CCOC(=O)Nc1cccc(O)c1O. The number of amides is 1. The lowest BCUT2D eigenvalue weighted by Gasteiger charge is -2.07. The van der Waals surface area contributed by atoms with Crippen molar-refractivity contribution in [3.05, 3.63) is 18.2 Å². The van der Waals surface area contributed by atoms with E-state index in [4.69, 9.17) is 5.11 Å². The Bertz CT molecular complexity index is 338. The summed E-state index contributed by atoms with van der Waals surface area (Å²) in [6.07, 6.45) is -0.673. The van der Waals surface area contributed by atoms with E-state index in [0.29, 0.717) is 0 Å². The van der Waals surface area contributed by atoms with Crippen LogP contribution in [0.4, 0.5) is 10.5 Å². The van der Waals surface area contributed by atoms with Crippen LogP contribution < -0.4 is 5.32 Å². The van der Waals surface area contributed by atoms with E-state index in [9.17, 15) is 9.90 Å². The molecular formula is C9H11NO4. The predicted octanol–water partition coefficient (Wildman–Crippen LogP) is 1.67. The lowest BCUT2D eigenvalue weighted by Crippen LogP contribution is -2.13. The molecule has 1 amide bonds. The van der Waals surface area contributed by atoms with Gasteiger partial charge in [-0.2, -0.15) is 0 Å². The van der Waals surface area contributed by atoms with E-state index in [-0.39, 0.29) is 23.8 Å². The van der Waals surface area contributed by atoms with Crippen molar-refractivity contribution < 1.29 is 19.7 Å². The van der Waals surface area contributed by atoms with Gasteiger partial charge in [0.2, 0.25) is 0 Å². The Hall–Kier alpha value is -1.91. The predicted molar refractivity (Wildman–Crippen MR) is 50.4 cm³/mol. The molecule has 0 spiro atoms. The molecule has 76 valence electrons. The summed E-state index contributed by atoms with van der Waals surface area (Å²) < 4.78 is 4.60. The first-order valence-electron chi connectivity index (χ1n) is 4.10. The van der Waals surface area contributed by atoms with Crippen LogP contribution in [0.15, 0.2) is 18.2 Å². The zero-order valence-electron chi connectivity index (χ0n) is 7.65. The molecule has 0 radical (unpaired) electrons. The molecule has 0 heterocycles. The first-order chi connectivity index (χ1) is 6.65. The number of phenols is 2. The lowest BCUT2D eigenvalue weighted by molar-refractivity contribution is 0.168. The van der Waals surface area contributed by atoms with Crippen LogP contribution in [0.2, 0.25) is 0 Å². The largest absolute Gasteiger partial charge is 0.504 e. The highest BCUT2D eigenvalue weighted by atomic mass is 16.5. The van der Waals surface area contributed by atoms with Crippen molar-refractivity contribution in [2.75, 3.05) is 11.9 Å². The summed E-state index contributed by atoms with van der Waals surface area (Å²) in [5.41, 5.74) is 0.114. The van der Waals surface area contributed by atoms with Crippen LogP contribution in [0.3, 0.4) is 0 Å². The first kappa shape index (κ1) is 10.2. The van der Waals surface area contributed by atoms with Gasteiger partial charge in [0.05, 0.1) is 12.3 Å². The van der Waals surface area contributed by atoms with Crippen molar-refractivity contribution in [1.82, 2.24) is 0 Å². The molecule has 0 saturated carbocycles. The van der Waals surface area contributed by atoms with Gasteiger partial charge in [-0.3, -0.25) is 5.32 Å². The number of ether oxygens (including phenoxy) is 1. The first-order valence-corrected chi connectivity index (χ1v) is 4.10. The van der Waals surface area contributed by atoms with Gasteiger partial charge in [-0.1, -0.05) is 6.07 Å². The number of aromatic hydroxyl groups is 2. The molecule has 0 fully saturated rings.